The van der Waals surface area contributed by atoms with E-state index in [4.69, 9.17) is 22.1 Å². The van der Waals surface area contributed by atoms with Crippen LogP contribution in [0.15, 0.2) is 30.6 Å². The maximum Gasteiger partial charge on any atom is 0.144 e. The van der Waals surface area contributed by atoms with Crippen molar-refractivity contribution in [2.75, 3.05) is 31.1 Å². The molecule has 3 heterocycles. The number of aliphatic hydroxyl groups excluding tert-OH is 1. The molecule has 1 saturated heterocycles. The molecule has 0 aliphatic carbocycles. The van der Waals surface area contributed by atoms with Crippen molar-refractivity contribution in [1.29, 1.82) is 0 Å². The Labute approximate surface area is 155 Å². The highest BCUT2D eigenvalue weighted by Crippen LogP contribution is 2.39. The summed E-state index contributed by atoms with van der Waals surface area (Å²) in [6.45, 7) is 2.42. The number of hydrogen-bond donors (Lipinski definition) is 3. The zero-order valence-electron chi connectivity index (χ0n) is 14.2. The Morgan fingerprint density at radius 2 is 2.27 bits per heavy atom. The fourth-order valence-electron chi connectivity index (χ4n) is 3.37. The number of nitrogens with one attached hydrogen (secondary N) is 1. The average molecular weight is 374 g/mol. The Balaban J connectivity index is 1.87. The van der Waals surface area contributed by atoms with Gasteiger partial charge < -0.3 is 25.5 Å². The molecule has 3 aromatic rings. The molecule has 136 valence electrons. The van der Waals surface area contributed by atoms with Crippen molar-refractivity contribution in [3.8, 4) is 11.1 Å². The largest absolute Gasteiger partial charge is 0.392 e. The van der Waals surface area contributed by atoms with Gasteiger partial charge in [-0.1, -0.05) is 29.8 Å². The lowest BCUT2D eigenvalue weighted by Gasteiger charge is -2.33. The summed E-state index contributed by atoms with van der Waals surface area (Å²) in [6.07, 6.45) is 1.51. The third-order valence-corrected chi connectivity index (χ3v) is 4.91. The van der Waals surface area contributed by atoms with E-state index >= 15 is 0 Å². The van der Waals surface area contributed by atoms with Crippen LogP contribution in [0.1, 0.15) is 5.56 Å². The number of hydrogen-bond acceptors (Lipinski definition) is 6. The van der Waals surface area contributed by atoms with Crippen LogP contribution in [0.5, 0.6) is 0 Å². The van der Waals surface area contributed by atoms with E-state index in [-0.39, 0.29) is 12.7 Å². The number of ether oxygens (including phenoxy) is 1. The van der Waals surface area contributed by atoms with E-state index in [1.54, 1.807) is 0 Å². The number of rotatable bonds is 4. The molecule has 2 aromatic heterocycles. The molecule has 26 heavy (non-hydrogen) atoms. The lowest BCUT2D eigenvalue weighted by Crippen LogP contribution is -2.46. The maximum absolute atomic E-state index is 9.46. The third kappa shape index (κ3) is 3.03. The predicted molar refractivity (Wildman–Crippen MR) is 101 cm³/mol. The van der Waals surface area contributed by atoms with E-state index in [9.17, 15) is 5.11 Å². The maximum atomic E-state index is 9.46. The topological polar surface area (TPSA) is 100 Å². The fraction of sp³-hybridized carbons (Fsp3) is 0.333. The van der Waals surface area contributed by atoms with Crippen LogP contribution in [0.4, 0.5) is 5.82 Å². The Hall–Kier alpha value is -2.19. The molecule has 1 fully saturated rings. The van der Waals surface area contributed by atoms with Gasteiger partial charge in [0.15, 0.2) is 0 Å². The molecule has 1 aliphatic rings. The number of aliphatic hydroxyl groups is 1. The first-order valence-corrected chi connectivity index (χ1v) is 8.88. The summed E-state index contributed by atoms with van der Waals surface area (Å²) >= 11 is 6.52. The van der Waals surface area contributed by atoms with Gasteiger partial charge in [-0.3, -0.25) is 0 Å². The number of aromatic nitrogens is 3. The summed E-state index contributed by atoms with van der Waals surface area (Å²) in [7, 11) is 0. The number of fused-ring (bicyclic) bond motifs is 1. The lowest BCUT2D eigenvalue weighted by atomic mass is 10.0. The normalized spacial score (nSPS) is 17.8. The van der Waals surface area contributed by atoms with E-state index in [0.717, 1.165) is 34.4 Å². The molecule has 1 atom stereocenters. The molecule has 1 aliphatic heterocycles. The number of H-pyrrole nitrogens is 1. The van der Waals surface area contributed by atoms with Crippen molar-refractivity contribution >= 4 is 28.5 Å². The van der Waals surface area contributed by atoms with Crippen molar-refractivity contribution < 1.29 is 9.84 Å². The van der Waals surface area contributed by atoms with Gasteiger partial charge in [-0.2, -0.15) is 0 Å². The third-order valence-electron chi connectivity index (χ3n) is 4.62. The second kappa shape index (κ2) is 7.20. The minimum Gasteiger partial charge on any atom is -0.392 e. The van der Waals surface area contributed by atoms with Gasteiger partial charge in [0, 0.05) is 25.2 Å². The summed E-state index contributed by atoms with van der Waals surface area (Å²) in [5, 5.41) is 10.8. The number of nitrogens with two attached hydrogens (primary N) is 1. The van der Waals surface area contributed by atoms with Gasteiger partial charge in [0.1, 0.15) is 22.9 Å². The molecule has 0 spiro atoms. The Morgan fingerprint density at radius 1 is 1.38 bits per heavy atom. The van der Waals surface area contributed by atoms with Crippen molar-refractivity contribution in [2.24, 2.45) is 5.73 Å². The molecule has 0 unspecified atom stereocenters. The first-order valence-electron chi connectivity index (χ1n) is 8.50. The van der Waals surface area contributed by atoms with Crippen LogP contribution in [-0.4, -0.2) is 52.4 Å². The molecule has 8 heteroatoms. The van der Waals surface area contributed by atoms with Crippen LogP contribution in [0.3, 0.4) is 0 Å². The fourth-order valence-corrected chi connectivity index (χ4v) is 3.66. The molecular weight excluding hydrogens is 354 g/mol. The van der Waals surface area contributed by atoms with E-state index in [0.29, 0.717) is 30.5 Å². The first kappa shape index (κ1) is 17.2. The molecule has 4 N–H and O–H groups in total. The number of anilines is 1. The monoisotopic (exact) mass is 373 g/mol. The van der Waals surface area contributed by atoms with Crippen molar-refractivity contribution in [2.45, 2.75) is 12.7 Å². The summed E-state index contributed by atoms with van der Waals surface area (Å²) in [5.74, 6) is 0.810. The zero-order chi connectivity index (χ0) is 18.1. The second-order valence-electron chi connectivity index (χ2n) is 6.27. The van der Waals surface area contributed by atoms with Gasteiger partial charge in [0.25, 0.3) is 0 Å². The van der Waals surface area contributed by atoms with Crippen LogP contribution in [-0.2, 0) is 11.3 Å². The Bertz CT molecular complexity index is 929. The lowest BCUT2D eigenvalue weighted by molar-refractivity contribution is 0.0464. The number of nitrogens with zero attached hydrogens (tertiary/aromatic N) is 3. The van der Waals surface area contributed by atoms with Gasteiger partial charge in [-0.05, 0) is 17.2 Å². The molecule has 0 radical (unpaired) electrons. The summed E-state index contributed by atoms with van der Waals surface area (Å²) in [6, 6.07) is 7.66. The molecule has 0 amide bonds. The number of benzene rings is 1. The van der Waals surface area contributed by atoms with Gasteiger partial charge >= 0.3 is 0 Å². The summed E-state index contributed by atoms with van der Waals surface area (Å²) in [5.41, 5.74) is 9.02. The highest BCUT2D eigenvalue weighted by Gasteiger charge is 2.25. The minimum atomic E-state index is -0.0290. The minimum absolute atomic E-state index is 0.0238. The number of halogens is 1. The Morgan fingerprint density at radius 3 is 3.08 bits per heavy atom. The summed E-state index contributed by atoms with van der Waals surface area (Å²) in [4.78, 5) is 14.2. The van der Waals surface area contributed by atoms with Gasteiger partial charge in [-0.25, -0.2) is 9.97 Å². The number of aromatic amines is 1. The molecule has 0 bridgehead atoms. The van der Waals surface area contributed by atoms with E-state index in [1.165, 1.54) is 6.33 Å². The SMILES string of the molecule is NC[C@H]1CN(c2ncnc3[nH]c(Cl)c(-c4cccc(CO)c4)c23)CCO1. The van der Waals surface area contributed by atoms with Crippen molar-refractivity contribution in [1.82, 2.24) is 15.0 Å². The smallest absolute Gasteiger partial charge is 0.144 e. The molecule has 4 rings (SSSR count). The van der Waals surface area contributed by atoms with Crippen molar-refractivity contribution in [3.63, 3.8) is 0 Å². The Kier molecular flexibility index (Phi) is 4.78. The van der Waals surface area contributed by atoms with Crippen LogP contribution in [0.25, 0.3) is 22.2 Å². The molecule has 7 nitrogen and oxygen atoms in total. The zero-order valence-corrected chi connectivity index (χ0v) is 14.9. The predicted octanol–water partition coefficient (Wildman–Crippen LogP) is 1.93. The highest BCUT2D eigenvalue weighted by atomic mass is 35.5. The van der Waals surface area contributed by atoms with E-state index < -0.39 is 0 Å². The van der Waals surface area contributed by atoms with Gasteiger partial charge in [0.2, 0.25) is 0 Å². The highest BCUT2D eigenvalue weighted by molar-refractivity contribution is 6.35. The first-order chi connectivity index (χ1) is 12.7. The van der Waals surface area contributed by atoms with E-state index in [1.807, 2.05) is 24.3 Å². The van der Waals surface area contributed by atoms with Crippen LogP contribution >= 0.6 is 11.6 Å². The molecule has 0 saturated carbocycles. The van der Waals surface area contributed by atoms with Crippen molar-refractivity contribution in [3.05, 3.63) is 41.3 Å². The van der Waals surface area contributed by atoms with Gasteiger partial charge in [0.05, 0.1) is 24.7 Å². The molecule has 1 aromatic carbocycles. The standard InChI is InChI=1S/C18H20ClN5O2/c19-16-14(12-3-1-2-11(6-12)9-25)15-17(23-16)21-10-22-18(15)24-4-5-26-13(7-20)8-24/h1-3,6,10,13,25H,4-5,7-9,20H2,(H,21,22,23)/t13-/m0/s1. The van der Waals surface area contributed by atoms with Crippen LogP contribution < -0.4 is 10.6 Å². The second-order valence-corrected chi connectivity index (χ2v) is 6.65. The number of morpholine rings is 1. The van der Waals surface area contributed by atoms with Gasteiger partial charge in [-0.15, -0.1) is 0 Å². The summed E-state index contributed by atoms with van der Waals surface area (Å²) < 4.78 is 5.67. The molecular formula is C18H20ClN5O2. The van der Waals surface area contributed by atoms with Crippen LogP contribution in [0, 0.1) is 0 Å². The average Bonchev–Trinajstić information content (AvgIpc) is 3.03. The van der Waals surface area contributed by atoms with E-state index in [2.05, 4.69) is 19.9 Å². The van der Waals surface area contributed by atoms with Crippen LogP contribution in [0.2, 0.25) is 5.15 Å². The quantitative estimate of drug-likeness (QED) is 0.646.